The molecule has 24 heavy (non-hydrogen) atoms. The third-order valence-electron chi connectivity index (χ3n) is 4.03. The van der Waals surface area contributed by atoms with Crippen LogP contribution in [0.5, 0.6) is 0 Å². The van der Waals surface area contributed by atoms with Crippen LogP contribution in [0.4, 0.5) is 5.69 Å². The third-order valence-corrected chi connectivity index (χ3v) is 4.03. The standard InChI is InChI=1S/C17H18N4O3/c22-12-20-7-9-21(10-8-20)16(24)11-15(23)19-14-5-1-3-13-4-2-6-18-17(13)14/h1-6,12H,7-11H2,(H,19,23). The Hall–Kier alpha value is -2.96. The molecule has 1 aliphatic rings. The van der Waals surface area contributed by atoms with Gasteiger partial charge in [0.15, 0.2) is 0 Å². The molecule has 0 aliphatic carbocycles. The van der Waals surface area contributed by atoms with E-state index in [-0.39, 0.29) is 18.2 Å². The molecule has 0 atom stereocenters. The first-order chi connectivity index (χ1) is 11.7. The van der Waals surface area contributed by atoms with E-state index < -0.39 is 0 Å². The van der Waals surface area contributed by atoms with Crippen LogP contribution in [-0.4, -0.2) is 59.2 Å². The average Bonchev–Trinajstić information content (AvgIpc) is 2.62. The molecule has 1 aliphatic heterocycles. The Labute approximate surface area is 139 Å². The van der Waals surface area contributed by atoms with E-state index in [2.05, 4.69) is 10.3 Å². The second-order valence-electron chi connectivity index (χ2n) is 5.63. The molecule has 0 unspecified atom stereocenters. The van der Waals surface area contributed by atoms with Crippen molar-refractivity contribution in [3.05, 3.63) is 36.5 Å². The zero-order valence-corrected chi connectivity index (χ0v) is 13.1. The van der Waals surface area contributed by atoms with Crippen molar-refractivity contribution in [3.63, 3.8) is 0 Å². The van der Waals surface area contributed by atoms with Crippen molar-refractivity contribution < 1.29 is 14.4 Å². The van der Waals surface area contributed by atoms with Crippen LogP contribution in [0, 0.1) is 0 Å². The van der Waals surface area contributed by atoms with Crippen molar-refractivity contribution in [1.82, 2.24) is 14.8 Å². The number of amides is 3. The van der Waals surface area contributed by atoms with Crippen LogP contribution in [-0.2, 0) is 14.4 Å². The van der Waals surface area contributed by atoms with Crippen LogP contribution in [0.25, 0.3) is 10.9 Å². The largest absolute Gasteiger partial charge is 0.342 e. The van der Waals surface area contributed by atoms with E-state index in [1.54, 1.807) is 22.1 Å². The fourth-order valence-electron chi connectivity index (χ4n) is 2.73. The summed E-state index contributed by atoms with van der Waals surface area (Å²) in [5.74, 6) is -0.595. The highest BCUT2D eigenvalue weighted by Crippen LogP contribution is 2.20. The van der Waals surface area contributed by atoms with Gasteiger partial charge in [-0.15, -0.1) is 0 Å². The molecule has 1 aromatic carbocycles. The molecule has 1 aromatic heterocycles. The van der Waals surface area contributed by atoms with Crippen LogP contribution in [0.15, 0.2) is 36.5 Å². The van der Waals surface area contributed by atoms with Gasteiger partial charge in [-0.25, -0.2) is 0 Å². The smallest absolute Gasteiger partial charge is 0.233 e. The molecule has 7 nitrogen and oxygen atoms in total. The third kappa shape index (κ3) is 3.51. The van der Waals surface area contributed by atoms with Crippen LogP contribution in [0.2, 0.25) is 0 Å². The lowest BCUT2D eigenvalue weighted by Crippen LogP contribution is -2.48. The maximum absolute atomic E-state index is 12.2. The number of aromatic nitrogens is 1. The zero-order valence-electron chi connectivity index (χ0n) is 13.1. The number of anilines is 1. The van der Waals surface area contributed by atoms with Crippen molar-refractivity contribution in [2.45, 2.75) is 6.42 Å². The van der Waals surface area contributed by atoms with Gasteiger partial charge in [0.05, 0.1) is 11.2 Å². The second kappa shape index (κ2) is 7.08. The summed E-state index contributed by atoms with van der Waals surface area (Å²) in [7, 11) is 0. The Bertz CT molecular complexity index is 764. The first kappa shape index (κ1) is 15.9. The molecule has 1 N–H and O–H groups in total. The van der Waals surface area contributed by atoms with Gasteiger partial charge in [-0.1, -0.05) is 18.2 Å². The van der Waals surface area contributed by atoms with E-state index in [9.17, 15) is 14.4 Å². The quantitative estimate of drug-likeness (QED) is 0.667. The molecule has 3 rings (SSSR count). The molecule has 0 bridgehead atoms. The van der Waals surface area contributed by atoms with Gasteiger partial charge in [-0.3, -0.25) is 19.4 Å². The van der Waals surface area contributed by atoms with E-state index in [1.165, 1.54) is 0 Å². The number of nitrogens with zero attached hydrogens (tertiary/aromatic N) is 3. The molecule has 3 amide bonds. The number of piperazine rings is 1. The highest BCUT2D eigenvalue weighted by atomic mass is 16.2. The molecule has 1 saturated heterocycles. The Balaban J connectivity index is 1.61. The van der Waals surface area contributed by atoms with Gasteiger partial charge in [0.25, 0.3) is 0 Å². The van der Waals surface area contributed by atoms with E-state index in [0.717, 1.165) is 11.8 Å². The van der Waals surface area contributed by atoms with Gasteiger partial charge in [0.2, 0.25) is 18.2 Å². The van der Waals surface area contributed by atoms with E-state index in [4.69, 9.17) is 0 Å². The highest BCUT2D eigenvalue weighted by Gasteiger charge is 2.22. The summed E-state index contributed by atoms with van der Waals surface area (Å²) in [6, 6.07) is 9.25. The lowest BCUT2D eigenvalue weighted by atomic mass is 10.2. The summed E-state index contributed by atoms with van der Waals surface area (Å²) < 4.78 is 0. The predicted octanol–water partition coefficient (Wildman–Crippen LogP) is 0.864. The summed E-state index contributed by atoms with van der Waals surface area (Å²) in [5.41, 5.74) is 1.29. The van der Waals surface area contributed by atoms with Gasteiger partial charge in [-0.05, 0) is 12.1 Å². The maximum Gasteiger partial charge on any atom is 0.233 e. The summed E-state index contributed by atoms with van der Waals surface area (Å²) in [4.78, 5) is 42.6. The van der Waals surface area contributed by atoms with E-state index in [0.29, 0.717) is 37.4 Å². The van der Waals surface area contributed by atoms with Gasteiger partial charge < -0.3 is 15.1 Å². The number of carbonyl (C=O) groups excluding carboxylic acids is 3. The van der Waals surface area contributed by atoms with Crippen LogP contribution in [0.3, 0.4) is 0 Å². The lowest BCUT2D eigenvalue weighted by Gasteiger charge is -2.32. The summed E-state index contributed by atoms with van der Waals surface area (Å²) in [6.07, 6.45) is 2.22. The number of nitrogens with one attached hydrogen (secondary N) is 1. The molecule has 0 radical (unpaired) electrons. The monoisotopic (exact) mass is 326 g/mol. The topological polar surface area (TPSA) is 82.6 Å². The van der Waals surface area contributed by atoms with Crippen LogP contribution >= 0.6 is 0 Å². The Morgan fingerprint density at radius 1 is 1.12 bits per heavy atom. The first-order valence-electron chi connectivity index (χ1n) is 7.78. The average molecular weight is 326 g/mol. The van der Waals surface area contributed by atoms with Crippen molar-refractivity contribution >= 4 is 34.8 Å². The minimum absolute atomic E-state index is 0.218. The molecule has 1 fully saturated rings. The van der Waals surface area contributed by atoms with Crippen molar-refractivity contribution in [3.8, 4) is 0 Å². The molecule has 2 heterocycles. The predicted molar refractivity (Wildman–Crippen MR) is 89.2 cm³/mol. The number of carbonyl (C=O) groups is 3. The number of pyridine rings is 1. The molecule has 124 valence electrons. The van der Waals surface area contributed by atoms with Crippen molar-refractivity contribution in [1.29, 1.82) is 0 Å². The van der Waals surface area contributed by atoms with Crippen LogP contribution < -0.4 is 5.32 Å². The summed E-state index contributed by atoms with van der Waals surface area (Å²) >= 11 is 0. The number of hydrogen-bond donors (Lipinski definition) is 1. The molecule has 7 heteroatoms. The normalized spacial score (nSPS) is 14.5. The van der Waals surface area contributed by atoms with E-state index >= 15 is 0 Å². The molecule has 0 spiro atoms. The lowest BCUT2D eigenvalue weighted by molar-refractivity contribution is -0.137. The zero-order chi connectivity index (χ0) is 16.9. The number of para-hydroxylation sites is 1. The second-order valence-corrected chi connectivity index (χ2v) is 5.63. The number of fused-ring (bicyclic) bond motifs is 1. The number of hydrogen-bond acceptors (Lipinski definition) is 4. The highest BCUT2D eigenvalue weighted by molar-refractivity contribution is 6.07. The minimum atomic E-state index is -0.365. The molecular formula is C17H18N4O3. The fraction of sp³-hybridized carbons (Fsp3) is 0.294. The maximum atomic E-state index is 12.2. The van der Waals surface area contributed by atoms with Gasteiger partial charge in [0.1, 0.15) is 6.42 Å². The first-order valence-corrected chi connectivity index (χ1v) is 7.78. The van der Waals surface area contributed by atoms with Gasteiger partial charge >= 0.3 is 0 Å². The SMILES string of the molecule is O=CN1CCN(C(=O)CC(=O)Nc2cccc3cccnc23)CC1. The van der Waals surface area contributed by atoms with Crippen LogP contribution in [0.1, 0.15) is 6.42 Å². The van der Waals surface area contributed by atoms with Crippen molar-refractivity contribution in [2.75, 3.05) is 31.5 Å². The van der Waals surface area contributed by atoms with Gasteiger partial charge in [0, 0.05) is 37.8 Å². The number of benzene rings is 1. The minimum Gasteiger partial charge on any atom is -0.342 e. The Morgan fingerprint density at radius 2 is 1.88 bits per heavy atom. The summed E-state index contributed by atoms with van der Waals surface area (Å²) in [6.45, 7) is 1.93. The van der Waals surface area contributed by atoms with E-state index in [1.807, 2.05) is 24.3 Å². The Kier molecular flexibility index (Phi) is 4.69. The molecule has 2 aromatic rings. The molecule has 0 saturated carbocycles. The van der Waals surface area contributed by atoms with Crippen molar-refractivity contribution in [2.24, 2.45) is 0 Å². The fourth-order valence-corrected chi connectivity index (χ4v) is 2.73. The number of rotatable bonds is 4. The molecular weight excluding hydrogens is 308 g/mol. The van der Waals surface area contributed by atoms with Gasteiger partial charge in [-0.2, -0.15) is 0 Å². The summed E-state index contributed by atoms with van der Waals surface area (Å²) in [5, 5.41) is 3.68. The Morgan fingerprint density at radius 3 is 2.62 bits per heavy atom.